The van der Waals surface area contributed by atoms with Gasteiger partial charge in [0.25, 0.3) is 5.91 Å². The quantitative estimate of drug-likeness (QED) is 0.909. The lowest BCUT2D eigenvalue weighted by atomic mass is 10.2. The van der Waals surface area contributed by atoms with Gasteiger partial charge in [-0.05, 0) is 29.9 Å². The molecule has 1 aliphatic heterocycles. The molecule has 108 valence electrons. The molecule has 0 saturated carbocycles. The van der Waals surface area contributed by atoms with Crippen LogP contribution in [-0.2, 0) is 12.2 Å². The molecule has 0 atom stereocenters. The van der Waals surface area contributed by atoms with E-state index in [4.69, 9.17) is 5.11 Å². The van der Waals surface area contributed by atoms with E-state index in [1.807, 2.05) is 17.8 Å². The molecule has 7 heteroatoms. The predicted molar refractivity (Wildman–Crippen MR) is 83.3 cm³/mol. The molecule has 0 saturated heterocycles. The number of nitrogens with one attached hydrogen (secondary N) is 1. The fourth-order valence-corrected chi connectivity index (χ4v) is 4.34. The molecule has 1 aliphatic rings. The Bertz CT molecular complexity index is 688. The van der Waals surface area contributed by atoms with Crippen LogP contribution in [-0.4, -0.2) is 27.7 Å². The first-order valence-electron chi connectivity index (χ1n) is 6.32. The van der Waals surface area contributed by atoms with Crippen LogP contribution in [0.1, 0.15) is 30.5 Å². The van der Waals surface area contributed by atoms with E-state index < -0.39 is 5.97 Å². The monoisotopic (exact) mass is 320 g/mol. The average Bonchev–Trinajstić information content (AvgIpc) is 2.91. The third-order valence-electron chi connectivity index (χ3n) is 3.09. The number of aromatic nitrogens is 1. The van der Waals surface area contributed by atoms with Crippen LogP contribution in [0.25, 0.3) is 0 Å². The van der Waals surface area contributed by atoms with Crippen LogP contribution < -0.4 is 5.32 Å². The minimum atomic E-state index is -1.07. The van der Waals surface area contributed by atoms with Crippen LogP contribution in [0.4, 0.5) is 5.69 Å². The third kappa shape index (κ3) is 3.08. The minimum Gasteiger partial charge on any atom is -0.478 e. The lowest BCUT2D eigenvalue weighted by molar-refractivity contribution is 0.0696. The summed E-state index contributed by atoms with van der Waals surface area (Å²) in [6, 6.07) is 3.33. The Hall–Kier alpha value is -1.86. The second-order valence-electron chi connectivity index (χ2n) is 4.58. The summed E-state index contributed by atoms with van der Waals surface area (Å²) in [5.41, 5.74) is 1.68. The van der Waals surface area contributed by atoms with E-state index in [9.17, 15) is 9.59 Å². The average molecular weight is 320 g/mol. The fourth-order valence-electron chi connectivity index (χ4n) is 2.08. The highest BCUT2D eigenvalue weighted by molar-refractivity contribution is 7.98. The maximum absolute atomic E-state index is 12.2. The predicted octanol–water partition coefficient (Wildman–Crippen LogP) is 2.88. The molecule has 2 aromatic rings. The Kier molecular flexibility index (Phi) is 3.94. The highest BCUT2D eigenvalue weighted by Crippen LogP contribution is 2.32. The molecule has 0 fully saturated rings. The summed E-state index contributed by atoms with van der Waals surface area (Å²) in [4.78, 5) is 28.9. The Morgan fingerprint density at radius 3 is 2.90 bits per heavy atom. The Balaban J connectivity index is 1.78. The molecule has 0 spiro atoms. The summed E-state index contributed by atoms with van der Waals surface area (Å²) >= 11 is 3.38. The Morgan fingerprint density at radius 1 is 1.29 bits per heavy atom. The minimum absolute atomic E-state index is 0.0506. The zero-order chi connectivity index (χ0) is 14.8. The van der Waals surface area contributed by atoms with Gasteiger partial charge in [0.15, 0.2) is 0 Å². The Morgan fingerprint density at radius 2 is 2.14 bits per heavy atom. The summed E-state index contributed by atoms with van der Waals surface area (Å²) < 4.78 is 0. The van der Waals surface area contributed by atoms with E-state index in [0.29, 0.717) is 10.6 Å². The van der Waals surface area contributed by atoms with Crippen molar-refractivity contribution in [2.45, 2.75) is 12.2 Å². The van der Waals surface area contributed by atoms with Crippen LogP contribution in [0, 0.1) is 0 Å². The van der Waals surface area contributed by atoms with Crippen molar-refractivity contribution in [3.63, 3.8) is 0 Å². The van der Waals surface area contributed by atoms with Gasteiger partial charge in [0.1, 0.15) is 0 Å². The smallest absolute Gasteiger partial charge is 0.337 e. The van der Waals surface area contributed by atoms with Crippen LogP contribution in [0.5, 0.6) is 0 Å². The van der Waals surface area contributed by atoms with Crippen molar-refractivity contribution in [3.8, 4) is 0 Å². The molecule has 3 heterocycles. The lowest BCUT2D eigenvalue weighted by Gasteiger charge is -2.08. The molecule has 0 aromatic carbocycles. The number of thioether (sulfide) groups is 1. The number of rotatable bonds is 3. The van der Waals surface area contributed by atoms with Gasteiger partial charge < -0.3 is 10.4 Å². The maximum Gasteiger partial charge on any atom is 0.337 e. The van der Waals surface area contributed by atoms with Gasteiger partial charge in [-0.1, -0.05) is 0 Å². The number of anilines is 1. The van der Waals surface area contributed by atoms with Crippen molar-refractivity contribution in [1.82, 2.24) is 4.98 Å². The molecule has 0 radical (unpaired) electrons. The van der Waals surface area contributed by atoms with Crippen molar-refractivity contribution < 1.29 is 14.7 Å². The van der Waals surface area contributed by atoms with Gasteiger partial charge in [-0.3, -0.25) is 9.78 Å². The number of carboxylic acids is 1. The first-order valence-corrected chi connectivity index (χ1v) is 8.29. The molecule has 0 aliphatic carbocycles. The second kappa shape index (κ2) is 5.87. The van der Waals surface area contributed by atoms with Crippen molar-refractivity contribution in [3.05, 3.63) is 45.4 Å². The topological polar surface area (TPSA) is 79.3 Å². The first kappa shape index (κ1) is 14.1. The number of pyridine rings is 1. The third-order valence-corrected chi connectivity index (χ3v) is 5.34. The normalized spacial score (nSPS) is 13.5. The second-order valence-corrected chi connectivity index (χ2v) is 6.83. The van der Waals surface area contributed by atoms with Crippen molar-refractivity contribution in [2.24, 2.45) is 0 Å². The summed E-state index contributed by atoms with van der Waals surface area (Å²) in [7, 11) is 0. The number of nitrogens with zero attached hydrogens (tertiary/aromatic N) is 1. The maximum atomic E-state index is 12.2. The highest BCUT2D eigenvalue weighted by Gasteiger charge is 2.18. The van der Waals surface area contributed by atoms with E-state index in [-0.39, 0.29) is 11.5 Å². The SMILES string of the molecule is O=C(O)c1cncc(NC(=O)c2cc3c(s2)CCSC3)c1. The lowest BCUT2D eigenvalue weighted by Crippen LogP contribution is -2.11. The summed E-state index contributed by atoms with van der Waals surface area (Å²) in [5.74, 6) is 0.764. The molecular formula is C14H12N2O3S2. The van der Waals surface area contributed by atoms with Crippen LogP contribution >= 0.6 is 23.1 Å². The number of aromatic carboxylic acids is 1. The van der Waals surface area contributed by atoms with Crippen molar-refractivity contribution in [1.29, 1.82) is 0 Å². The van der Waals surface area contributed by atoms with Crippen LogP contribution in [0.15, 0.2) is 24.5 Å². The van der Waals surface area contributed by atoms with Crippen molar-refractivity contribution in [2.75, 3.05) is 11.1 Å². The van der Waals surface area contributed by atoms with Gasteiger partial charge >= 0.3 is 5.97 Å². The molecule has 2 N–H and O–H groups in total. The number of fused-ring (bicyclic) bond motifs is 1. The van der Waals surface area contributed by atoms with Gasteiger partial charge in [0, 0.05) is 16.8 Å². The number of hydrogen-bond donors (Lipinski definition) is 2. The van der Waals surface area contributed by atoms with Crippen LogP contribution in [0.3, 0.4) is 0 Å². The molecule has 1 amide bonds. The number of carboxylic acid groups (broad SMARTS) is 1. The number of carbonyl (C=O) groups excluding carboxylic acids is 1. The van der Waals surface area contributed by atoms with E-state index in [2.05, 4.69) is 10.3 Å². The van der Waals surface area contributed by atoms with Gasteiger partial charge in [0.2, 0.25) is 0 Å². The van der Waals surface area contributed by atoms with E-state index in [1.54, 1.807) is 0 Å². The first-order chi connectivity index (χ1) is 10.1. The molecule has 2 aromatic heterocycles. The molecule has 5 nitrogen and oxygen atoms in total. The van der Waals surface area contributed by atoms with Gasteiger partial charge in [-0.25, -0.2) is 4.79 Å². The zero-order valence-electron chi connectivity index (χ0n) is 11.0. The highest BCUT2D eigenvalue weighted by atomic mass is 32.2. The molecular weight excluding hydrogens is 308 g/mol. The molecule has 0 unspecified atom stereocenters. The molecule has 3 rings (SSSR count). The summed E-state index contributed by atoms with van der Waals surface area (Å²) in [5, 5.41) is 11.6. The molecule has 21 heavy (non-hydrogen) atoms. The van der Waals surface area contributed by atoms with Crippen LogP contribution in [0.2, 0.25) is 0 Å². The number of aryl methyl sites for hydroxylation is 1. The number of carbonyl (C=O) groups is 2. The fraction of sp³-hybridized carbons (Fsp3) is 0.214. The standard InChI is InChI=1S/C14H12N2O3S2/c17-13(12-4-9-7-20-2-1-11(9)21-12)16-10-3-8(14(18)19)5-15-6-10/h3-6H,1-2,7H2,(H,16,17)(H,18,19). The number of amides is 1. The largest absolute Gasteiger partial charge is 0.478 e. The Labute approximate surface area is 129 Å². The number of thiophene rings is 1. The number of hydrogen-bond acceptors (Lipinski definition) is 5. The van der Waals surface area contributed by atoms with Crippen molar-refractivity contribution >= 4 is 40.7 Å². The van der Waals surface area contributed by atoms with Gasteiger partial charge in [0.05, 0.1) is 22.3 Å². The summed E-state index contributed by atoms with van der Waals surface area (Å²) in [6.07, 6.45) is 3.70. The van der Waals surface area contributed by atoms with Gasteiger partial charge in [-0.15, -0.1) is 11.3 Å². The van der Waals surface area contributed by atoms with Gasteiger partial charge in [-0.2, -0.15) is 11.8 Å². The van der Waals surface area contributed by atoms with E-state index in [1.165, 1.54) is 40.2 Å². The zero-order valence-corrected chi connectivity index (χ0v) is 12.6. The van der Waals surface area contributed by atoms with E-state index in [0.717, 1.165) is 17.9 Å². The summed E-state index contributed by atoms with van der Waals surface area (Å²) in [6.45, 7) is 0. The van der Waals surface area contributed by atoms with E-state index >= 15 is 0 Å². The molecule has 0 bridgehead atoms.